The molecule has 0 spiro atoms. The lowest BCUT2D eigenvalue weighted by Gasteiger charge is -2.16. The first-order valence-electron chi connectivity index (χ1n) is 5.96. The van der Waals surface area contributed by atoms with Gasteiger partial charge in [0.1, 0.15) is 11.6 Å². The van der Waals surface area contributed by atoms with Gasteiger partial charge < -0.3 is 11.1 Å². The molecule has 0 bridgehead atoms. The van der Waals surface area contributed by atoms with E-state index in [1.807, 2.05) is 6.92 Å². The minimum atomic E-state index is -0.849. The monoisotopic (exact) mass is 256 g/mol. The van der Waals surface area contributed by atoms with Crippen molar-refractivity contribution in [1.29, 1.82) is 0 Å². The summed E-state index contributed by atoms with van der Waals surface area (Å²) in [4.78, 5) is 11.9. The summed E-state index contributed by atoms with van der Waals surface area (Å²) in [7, 11) is 0. The third-order valence-electron chi connectivity index (χ3n) is 2.84. The van der Waals surface area contributed by atoms with Gasteiger partial charge in [0.25, 0.3) is 5.91 Å². The smallest absolute Gasteiger partial charge is 0.254 e. The zero-order valence-electron chi connectivity index (χ0n) is 10.6. The molecule has 0 aromatic heterocycles. The van der Waals surface area contributed by atoms with Crippen LogP contribution in [0.1, 0.15) is 35.7 Å². The molecule has 1 unspecified atom stereocenters. The molecule has 1 atom stereocenters. The Hall–Kier alpha value is -1.49. The van der Waals surface area contributed by atoms with E-state index in [9.17, 15) is 13.6 Å². The molecule has 0 aliphatic rings. The van der Waals surface area contributed by atoms with E-state index >= 15 is 0 Å². The Labute approximate surface area is 105 Å². The van der Waals surface area contributed by atoms with Crippen molar-refractivity contribution >= 4 is 5.91 Å². The average molecular weight is 256 g/mol. The van der Waals surface area contributed by atoms with Crippen molar-refractivity contribution in [2.75, 3.05) is 6.54 Å². The Bertz CT molecular complexity index is 435. The number of nitrogens with two attached hydrogens (primary N) is 1. The molecule has 0 saturated heterocycles. The third kappa shape index (κ3) is 3.50. The molecule has 3 nitrogen and oxygen atoms in total. The van der Waals surface area contributed by atoms with E-state index in [0.29, 0.717) is 19.4 Å². The molecule has 3 N–H and O–H groups in total. The van der Waals surface area contributed by atoms with Crippen molar-refractivity contribution in [2.45, 2.75) is 32.7 Å². The molecule has 0 aliphatic heterocycles. The predicted octanol–water partition coefficient (Wildman–Crippen LogP) is 2.13. The second-order valence-electron chi connectivity index (χ2n) is 4.24. The Morgan fingerprint density at radius 2 is 2.06 bits per heavy atom. The summed E-state index contributed by atoms with van der Waals surface area (Å²) in [5, 5.41) is 2.69. The molecule has 0 aliphatic carbocycles. The van der Waals surface area contributed by atoms with E-state index in [0.717, 1.165) is 6.07 Å². The molecule has 1 aromatic rings. The van der Waals surface area contributed by atoms with Gasteiger partial charge in [0, 0.05) is 12.1 Å². The molecule has 5 heteroatoms. The lowest BCUT2D eigenvalue weighted by atomic mass is 10.1. The fraction of sp³-hybridized carbons (Fsp3) is 0.462. The predicted molar refractivity (Wildman–Crippen MR) is 66.3 cm³/mol. The maximum atomic E-state index is 13.5. The van der Waals surface area contributed by atoms with Gasteiger partial charge in [-0.05, 0) is 37.9 Å². The lowest BCUT2D eigenvalue weighted by molar-refractivity contribution is 0.0930. The number of hydrogen-bond acceptors (Lipinski definition) is 2. The lowest BCUT2D eigenvalue weighted by Crippen LogP contribution is -2.36. The maximum Gasteiger partial charge on any atom is 0.254 e. The number of rotatable bonds is 5. The van der Waals surface area contributed by atoms with Crippen LogP contribution in [0.25, 0.3) is 0 Å². The summed E-state index contributed by atoms with van der Waals surface area (Å²) in [6.07, 6.45) is 1.34. The number of aryl methyl sites for hydroxylation is 1. The largest absolute Gasteiger partial charge is 0.349 e. The van der Waals surface area contributed by atoms with Gasteiger partial charge in [-0.15, -0.1) is 0 Å². The average Bonchev–Trinajstić information content (AvgIpc) is 2.33. The van der Waals surface area contributed by atoms with Crippen LogP contribution in [0.2, 0.25) is 0 Å². The van der Waals surface area contributed by atoms with Gasteiger partial charge in [-0.25, -0.2) is 8.78 Å². The number of benzene rings is 1. The molecular weight excluding hydrogens is 238 g/mol. The van der Waals surface area contributed by atoms with Crippen LogP contribution < -0.4 is 11.1 Å². The van der Waals surface area contributed by atoms with E-state index in [2.05, 4.69) is 5.32 Å². The summed E-state index contributed by atoms with van der Waals surface area (Å²) in [6.45, 7) is 3.85. The summed E-state index contributed by atoms with van der Waals surface area (Å²) in [6, 6.07) is 1.86. The molecule has 0 saturated carbocycles. The molecule has 0 fully saturated rings. The van der Waals surface area contributed by atoms with Crippen LogP contribution in [-0.4, -0.2) is 18.5 Å². The molecule has 0 heterocycles. The van der Waals surface area contributed by atoms with Crippen molar-refractivity contribution in [3.63, 3.8) is 0 Å². The van der Waals surface area contributed by atoms with Gasteiger partial charge in [0.2, 0.25) is 0 Å². The Morgan fingerprint density at radius 1 is 1.39 bits per heavy atom. The van der Waals surface area contributed by atoms with E-state index in [1.54, 1.807) is 0 Å². The minimum absolute atomic E-state index is 0.0905. The van der Waals surface area contributed by atoms with Crippen LogP contribution in [0.5, 0.6) is 0 Å². The number of carbonyl (C=O) groups excluding carboxylic acids is 1. The highest BCUT2D eigenvalue weighted by Crippen LogP contribution is 2.14. The van der Waals surface area contributed by atoms with Crippen LogP contribution >= 0.6 is 0 Å². The van der Waals surface area contributed by atoms with Crippen LogP contribution in [-0.2, 0) is 0 Å². The van der Waals surface area contributed by atoms with Crippen molar-refractivity contribution < 1.29 is 13.6 Å². The van der Waals surface area contributed by atoms with Crippen LogP contribution in [0, 0.1) is 18.6 Å². The van der Waals surface area contributed by atoms with Gasteiger partial charge in [0.15, 0.2) is 0 Å². The zero-order chi connectivity index (χ0) is 13.7. The topological polar surface area (TPSA) is 55.1 Å². The van der Waals surface area contributed by atoms with Gasteiger partial charge in [-0.1, -0.05) is 6.92 Å². The molecule has 100 valence electrons. The van der Waals surface area contributed by atoms with Gasteiger partial charge >= 0.3 is 0 Å². The molecule has 1 aromatic carbocycles. The Morgan fingerprint density at radius 3 is 2.61 bits per heavy atom. The molecular formula is C13H18F2N2O. The number of nitrogens with one attached hydrogen (secondary N) is 1. The first kappa shape index (κ1) is 14.6. The highest BCUT2D eigenvalue weighted by atomic mass is 19.1. The van der Waals surface area contributed by atoms with Gasteiger partial charge in [-0.2, -0.15) is 0 Å². The Kier molecular flexibility index (Phi) is 5.22. The standard InChI is InChI=1S/C13H18F2N2O/c1-3-9(4-5-16)17-13(18)10-6-8(2)11(14)7-12(10)15/h6-7,9H,3-5,16H2,1-2H3,(H,17,18). The first-order valence-corrected chi connectivity index (χ1v) is 5.96. The quantitative estimate of drug-likeness (QED) is 0.848. The highest BCUT2D eigenvalue weighted by Gasteiger charge is 2.17. The second-order valence-corrected chi connectivity index (χ2v) is 4.24. The zero-order valence-corrected chi connectivity index (χ0v) is 10.6. The SMILES string of the molecule is CCC(CCN)NC(=O)c1cc(C)c(F)cc1F. The number of hydrogen-bond donors (Lipinski definition) is 2. The van der Waals surface area contributed by atoms with E-state index in [4.69, 9.17) is 5.73 Å². The summed E-state index contributed by atoms with van der Waals surface area (Å²) < 4.78 is 26.6. The van der Waals surface area contributed by atoms with Crippen molar-refractivity contribution in [2.24, 2.45) is 5.73 Å². The van der Waals surface area contributed by atoms with Gasteiger partial charge in [0.05, 0.1) is 5.56 Å². The van der Waals surface area contributed by atoms with Crippen LogP contribution in [0.4, 0.5) is 8.78 Å². The summed E-state index contributed by atoms with van der Waals surface area (Å²) in [5.74, 6) is -2.04. The summed E-state index contributed by atoms with van der Waals surface area (Å²) >= 11 is 0. The normalized spacial score (nSPS) is 12.3. The number of halogens is 2. The van der Waals surface area contributed by atoms with E-state index in [-0.39, 0.29) is 17.2 Å². The fourth-order valence-corrected chi connectivity index (χ4v) is 1.67. The van der Waals surface area contributed by atoms with Gasteiger partial charge in [-0.3, -0.25) is 4.79 Å². The van der Waals surface area contributed by atoms with Crippen molar-refractivity contribution in [3.8, 4) is 0 Å². The van der Waals surface area contributed by atoms with E-state index in [1.165, 1.54) is 13.0 Å². The maximum absolute atomic E-state index is 13.5. The molecule has 0 radical (unpaired) electrons. The number of amides is 1. The Balaban J connectivity index is 2.87. The molecule has 18 heavy (non-hydrogen) atoms. The van der Waals surface area contributed by atoms with Crippen molar-refractivity contribution in [3.05, 3.63) is 34.9 Å². The number of carbonyl (C=O) groups is 1. The second kappa shape index (κ2) is 6.44. The van der Waals surface area contributed by atoms with Crippen molar-refractivity contribution in [1.82, 2.24) is 5.32 Å². The van der Waals surface area contributed by atoms with E-state index < -0.39 is 17.5 Å². The first-order chi connectivity index (χ1) is 8.49. The third-order valence-corrected chi connectivity index (χ3v) is 2.84. The highest BCUT2D eigenvalue weighted by molar-refractivity contribution is 5.94. The molecule has 1 amide bonds. The molecule has 1 rings (SSSR count). The fourth-order valence-electron chi connectivity index (χ4n) is 1.67. The minimum Gasteiger partial charge on any atom is -0.349 e. The van der Waals surface area contributed by atoms with Crippen LogP contribution in [0.3, 0.4) is 0 Å². The summed E-state index contributed by atoms with van der Waals surface area (Å²) in [5.41, 5.74) is 5.53. The van der Waals surface area contributed by atoms with Crippen LogP contribution in [0.15, 0.2) is 12.1 Å².